The molecule has 0 saturated heterocycles. The minimum Gasteiger partial charge on any atom is -0.311 e. The normalized spacial score (nSPS) is 12.7. The summed E-state index contributed by atoms with van der Waals surface area (Å²) in [7, 11) is 3.94. The summed E-state index contributed by atoms with van der Waals surface area (Å²) in [5.41, 5.74) is 4.49. The maximum Gasteiger partial charge on any atom is 0.0738 e. The molecule has 0 spiro atoms. The molecule has 1 N–H and O–H groups in total. The molecule has 4 nitrogen and oxygen atoms in total. The molecule has 2 rings (SSSR count). The molecule has 0 aromatic carbocycles. The minimum atomic E-state index is 0.186. The molecule has 19 heavy (non-hydrogen) atoms. The average molecular weight is 323 g/mol. The van der Waals surface area contributed by atoms with Gasteiger partial charge in [-0.05, 0) is 54.5 Å². The lowest BCUT2D eigenvalue weighted by molar-refractivity contribution is 0.547. The lowest BCUT2D eigenvalue weighted by Crippen LogP contribution is -2.21. The number of aromatic nitrogens is 3. The molecule has 0 radical (unpaired) electrons. The Kier molecular flexibility index (Phi) is 4.37. The number of aryl methyl sites for hydroxylation is 3. The standard InChI is InChI=1S/C14H19BrN4/c1-9-5-6-17-12(7-9)11(16-3)8-13-14(15)10(2)18-19(13)4/h5-7,11,16H,8H2,1-4H3. The SMILES string of the molecule is CNC(Cc1c(Br)c(C)nn1C)c1cc(C)ccn1. The molecule has 0 aliphatic rings. The summed E-state index contributed by atoms with van der Waals surface area (Å²) in [5, 5.41) is 7.76. The Morgan fingerprint density at radius 3 is 2.68 bits per heavy atom. The number of hydrogen-bond donors (Lipinski definition) is 1. The van der Waals surface area contributed by atoms with Crippen LogP contribution in [-0.4, -0.2) is 21.8 Å². The van der Waals surface area contributed by atoms with Gasteiger partial charge in [0.15, 0.2) is 0 Å². The molecule has 5 heteroatoms. The van der Waals surface area contributed by atoms with Crippen LogP contribution in [0.1, 0.15) is 28.7 Å². The number of likely N-dealkylation sites (N-methyl/N-ethyl adjacent to an activating group) is 1. The van der Waals surface area contributed by atoms with E-state index in [9.17, 15) is 0 Å². The maximum absolute atomic E-state index is 4.47. The monoisotopic (exact) mass is 322 g/mol. The van der Waals surface area contributed by atoms with E-state index in [2.05, 4.69) is 44.3 Å². The second-order valence-electron chi connectivity index (χ2n) is 4.77. The molecule has 0 saturated carbocycles. The molecular formula is C14H19BrN4. The summed E-state index contributed by atoms with van der Waals surface area (Å²) in [6, 6.07) is 4.32. The third-order valence-electron chi connectivity index (χ3n) is 3.30. The topological polar surface area (TPSA) is 42.7 Å². The second kappa shape index (κ2) is 5.84. The van der Waals surface area contributed by atoms with Crippen molar-refractivity contribution in [3.8, 4) is 0 Å². The van der Waals surface area contributed by atoms with Crippen LogP contribution in [0.3, 0.4) is 0 Å². The smallest absolute Gasteiger partial charge is 0.0738 e. The number of nitrogens with zero attached hydrogens (tertiary/aromatic N) is 3. The zero-order chi connectivity index (χ0) is 14.0. The molecule has 2 aromatic rings. The van der Waals surface area contributed by atoms with Gasteiger partial charge in [-0.3, -0.25) is 9.67 Å². The number of halogens is 1. The highest BCUT2D eigenvalue weighted by Crippen LogP contribution is 2.25. The van der Waals surface area contributed by atoms with E-state index >= 15 is 0 Å². The van der Waals surface area contributed by atoms with Crippen molar-refractivity contribution in [2.45, 2.75) is 26.3 Å². The van der Waals surface area contributed by atoms with E-state index in [0.29, 0.717) is 0 Å². The lowest BCUT2D eigenvalue weighted by Gasteiger charge is -2.16. The average Bonchev–Trinajstić information content (AvgIpc) is 2.61. The van der Waals surface area contributed by atoms with Gasteiger partial charge < -0.3 is 5.32 Å². The number of hydrogen-bond acceptors (Lipinski definition) is 3. The molecule has 0 aliphatic heterocycles. The maximum atomic E-state index is 4.47. The van der Waals surface area contributed by atoms with E-state index < -0.39 is 0 Å². The van der Waals surface area contributed by atoms with Crippen LogP contribution in [0.4, 0.5) is 0 Å². The third kappa shape index (κ3) is 3.04. The van der Waals surface area contributed by atoms with Crippen LogP contribution in [0.15, 0.2) is 22.8 Å². The van der Waals surface area contributed by atoms with Gasteiger partial charge in [0.1, 0.15) is 0 Å². The summed E-state index contributed by atoms with van der Waals surface area (Å²) in [6.07, 6.45) is 2.71. The van der Waals surface area contributed by atoms with Crippen molar-refractivity contribution in [3.05, 3.63) is 45.4 Å². The number of nitrogens with one attached hydrogen (secondary N) is 1. The van der Waals surface area contributed by atoms with Crippen molar-refractivity contribution < 1.29 is 0 Å². The molecule has 0 bridgehead atoms. The van der Waals surface area contributed by atoms with Crippen LogP contribution in [0.25, 0.3) is 0 Å². The lowest BCUT2D eigenvalue weighted by atomic mass is 10.1. The highest BCUT2D eigenvalue weighted by molar-refractivity contribution is 9.10. The number of pyridine rings is 1. The Morgan fingerprint density at radius 1 is 1.42 bits per heavy atom. The van der Waals surface area contributed by atoms with E-state index in [4.69, 9.17) is 0 Å². The van der Waals surface area contributed by atoms with E-state index in [1.54, 1.807) is 0 Å². The Bertz CT molecular complexity index is 577. The minimum absolute atomic E-state index is 0.186. The first kappa shape index (κ1) is 14.2. The first-order chi connectivity index (χ1) is 9.02. The molecule has 1 atom stereocenters. The predicted octanol–water partition coefficient (Wildman–Crippen LogP) is 2.70. The Balaban J connectivity index is 2.29. The fourth-order valence-electron chi connectivity index (χ4n) is 2.20. The van der Waals surface area contributed by atoms with Gasteiger partial charge in [0.05, 0.1) is 27.6 Å². The van der Waals surface area contributed by atoms with Crippen molar-refractivity contribution in [2.24, 2.45) is 7.05 Å². The molecule has 0 fully saturated rings. The molecule has 0 aliphatic carbocycles. The van der Waals surface area contributed by atoms with Gasteiger partial charge in [-0.1, -0.05) is 0 Å². The van der Waals surface area contributed by atoms with Crippen molar-refractivity contribution in [1.29, 1.82) is 0 Å². The first-order valence-electron chi connectivity index (χ1n) is 6.30. The van der Waals surface area contributed by atoms with Gasteiger partial charge in [-0.25, -0.2) is 0 Å². The van der Waals surface area contributed by atoms with Gasteiger partial charge in [-0.15, -0.1) is 0 Å². The number of rotatable bonds is 4. The van der Waals surface area contributed by atoms with Crippen molar-refractivity contribution in [2.75, 3.05) is 7.05 Å². The highest BCUT2D eigenvalue weighted by atomic mass is 79.9. The van der Waals surface area contributed by atoms with Crippen molar-refractivity contribution in [1.82, 2.24) is 20.1 Å². The van der Waals surface area contributed by atoms with Crippen LogP contribution in [0.2, 0.25) is 0 Å². The first-order valence-corrected chi connectivity index (χ1v) is 7.10. The molecule has 1 unspecified atom stereocenters. The zero-order valence-corrected chi connectivity index (χ0v) is 13.3. The predicted molar refractivity (Wildman–Crippen MR) is 80.1 cm³/mol. The summed E-state index contributed by atoms with van der Waals surface area (Å²) in [4.78, 5) is 4.47. The largest absolute Gasteiger partial charge is 0.311 e. The Morgan fingerprint density at radius 2 is 2.16 bits per heavy atom. The van der Waals surface area contributed by atoms with Gasteiger partial charge >= 0.3 is 0 Å². The zero-order valence-electron chi connectivity index (χ0n) is 11.7. The summed E-state index contributed by atoms with van der Waals surface area (Å²) < 4.78 is 3.02. The van der Waals surface area contributed by atoms with Crippen LogP contribution in [-0.2, 0) is 13.5 Å². The van der Waals surface area contributed by atoms with Gasteiger partial charge in [0.2, 0.25) is 0 Å². The Labute approximate surface area is 122 Å². The van der Waals surface area contributed by atoms with Crippen LogP contribution in [0, 0.1) is 13.8 Å². The molecular weight excluding hydrogens is 304 g/mol. The Hall–Kier alpha value is -1.20. The van der Waals surface area contributed by atoms with Gasteiger partial charge in [-0.2, -0.15) is 5.10 Å². The van der Waals surface area contributed by atoms with Crippen LogP contribution in [0.5, 0.6) is 0 Å². The highest BCUT2D eigenvalue weighted by Gasteiger charge is 2.18. The summed E-state index contributed by atoms with van der Waals surface area (Å²) in [5.74, 6) is 0. The fourth-order valence-corrected chi connectivity index (χ4v) is 2.70. The fraction of sp³-hybridized carbons (Fsp3) is 0.429. The third-order valence-corrected chi connectivity index (χ3v) is 4.33. The van der Waals surface area contributed by atoms with E-state index in [0.717, 1.165) is 22.3 Å². The van der Waals surface area contributed by atoms with E-state index in [1.807, 2.05) is 38.0 Å². The summed E-state index contributed by atoms with van der Waals surface area (Å²) >= 11 is 3.61. The molecule has 2 heterocycles. The van der Waals surface area contributed by atoms with Crippen LogP contribution >= 0.6 is 15.9 Å². The second-order valence-corrected chi connectivity index (χ2v) is 5.57. The van der Waals surface area contributed by atoms with E-state index in [1.165, 1.54) is 11.3 Å². The molecule has 2 aromatic heterocycles. The summed E-state index contributed by atoms with van der Waals surface area (Å²) in [6.45, 7) is 4.09. The van der Waals surface area contributed by atoms with Gasteiger partial charge in [0.25, 0.3) is 0 Å². The van der Waals surface area contributed by atoms with Gasteiger partial charge in [0, 0.05) is 19.7 Å². The molecule has 102 valence electrons. The van der Waals surface area contributed by atoms with E-state index in [-0.39, 0.29) is 6.04 Å². The molecule has 0 amide bonds. The van der Waals surface area contributed by atoms with Crippen molar-refractivity contribution in [3.63, 3.8) is 0 Å². The van der Waals surface area contributed by atoms with Crippen LogP contribution < -0.4 is 5.32 Å². The quantitative estimate of drug-likeness (QED) is 0.941. The van der Waals surface area contributed by atoms with Crippen molar-refractivity contribution >= 4 is 15.9 Å².